The van der Waals surface area contributed by atoms with Crippen LogP contribution in [0, 0.1) is 17.0 Å². The summed E-state index contributed by atoms with van der Waals surface area (Å²) in [7, 11) is 0. The van der Waals surface area contributed by atoms with Gasteiger partial charge in [0.05, 0.1) is 12.2 Å². The molecule has 6 heteroatoms. The van der Waals surface area contributed by atoms with Crippen molar-refractivity contribution in [1.82, 2.24) is 9.80 Å². The van der Waals surface area contributed by atoms with Gasteiger partial charge in [0, 0.05) is 50.9 Å². The second-order valence-electron chi connectivity index (χ2n) is 7.66. The Morgan fingerprint density at radius 3 is 2.04 bits per heavy atom. The van der Waals surface area contributed by atoms with E-state index in [2.05, 4.69) is 9.80 Å². The summed E-state index contributed by atoms with van der Waals surface area (Å²) in [6.45, 7) is 10.1. The van der Waals surface area contributed by atoms with E-state index in [4.69, 9.17) is 0 Å². The van der Waals surface area contributed by atoms with Crippen LogP contribution < -0.4 is 0 Å². The second-order valence-corrected chi connectivity index (χ2v) is 7.66. The van der Waals surface area contributed by atoms with Crippen LogP contribution in [0.15, 0.2) is 18.2 Å². The Hall–Kier alpha value is -1.08. The highest BCUT2D eigenvalue weighted by Crippen LogP contribution is 2.22. The lowest BCUT2D eigenvalue weighted by Crippen LogP contribution is -2.50. The molecule has 0 bridgehead atoms. The number of halogens is 2. The van der Waals surface area contributed by atoms with Gasteiger partial charge in [0.1, 0.15) is 11.6 Å². The molecular weight excluding hydrogens is 314 g/mol. The Morgan fingerprint density at radius 2 is 1.54 bits per heavy atom. The largest absolute Gasteiger partial charge is 0.391 e. The Balaban J connectivity index is 1.82. The number of nitrogens with zero attached hydrogens (tertiary/aromatic N) is 2. The molecule has 1 fully saturated rings. The molecule has 1 heterocycles. The molecule has 1 aromatic rings. The zero-order valence-corrected chi connectivity index (χ0v) is 14.7. The van der Waals surface area contributed by atoms with Gasteiger partial charge in [0.2, 0.25) is 0 Å². The van der Waals surface area contributed by atoms with E-state index in [9.17, 15) is 19.0 Å². The third-order valence-corrected chi connectivity index (χ3v) is 4.65. The normalized spacial score (nSPS) is 20.1. The Bertz CT molecular complexity index is 540. The van der Waals surface area contributed by atoms with Gasteiger partial charge in [-0.2, -0.15) is 0 Å². The standard InChI is InChI=1S/C18H28F2N2O2/c1-18(2,3)17(24)12-22-8-6-21(7-9-22)11-16(23)14-5-4-13(19)10-15(14)20/h4-5,10,16-17,23-24H,6-9,11-12H2,1-3H3/t16-,17-/m1/s1. The molecule has 4 nitrogen and oxygen atoms in total. The SMILES string of the molecule is CC(C)(C)[C@H](O)CN1CCN(C[C@@H](O)c2ccc(F)cc2F)CC1. The summed E-state index contributed by atoms with van der Waals surface area (Å²) >= 11 is 0. The molecule has 2 rings (SSSR count). The fourth-order valence-electron chi connectivity index (χ4n) is 2.79. The second kappa shape index (κ2) is 7.87. The summed E-state index contributed by atoms with van der Waals surface area (Å²) in [6.07, 6.45) is -1.36. The molecule has 2 atom stereocenters. The molecule has 0 unspecified atom stereocenters. The fraction of sp³-hybridized carbons (Fsp3) is 0.667. The molecule has 1 aromatic carbocycles. The van der Waals surface area contributed by atoms with Crippen molar-refractivity contribution in [1.29, 1.82) is 0 Å². The van der Waals surface area contributed by atoms with Crippen molar-refractivity contribution in [2.45, 2.75) is 33.0 Å². The van der Waals surface area contributed by atoms with E-state index in [1.165, 1.54) is 6.07 Å². The number of β-amino-alcohol motifs (C(OH)–C–C–N with tert-alkyl or cyclic N) is 2. The number of aliphatic hydroxyl groups excluding tert-OH is 2. The number of hydrogen-bond donors (Lipinski definition) is 2. The van der Waals surface area contributed by atoms with Crippen molar-refractivity contribution >= 4 is 0 Å². The first-order valence-electron chi connectivity index (χ1n) is 8.42. The molecule has 0 aromatic heterocycles. The highest BCUT2D eigenvalue weighted by atomic mass is 19.1. The average Bonchev–Trinajstić information content (AvgIpc) is 2.48. The van der Waals surface area contributed by atoms with E-state index >= 15 is 0 Å². The maximum absolute atomic E-state index is 13.7. The smallest absolute Gasteiger partial charge is 0.131 e. The Morgan fingerprint density at radius 1 is 1.00 bits per heavy atom. The Labute approximate surface area is 142 Å². The number of hydrogen-bond acceptors (Lipinski definition) is 4. The maximum atomic E-state index is 13.7. The van der Waals surface area contributed by atoms with Crippen molar-refractivity contribution in [2.75, 3.05) is 39.3 Å². The van der Waals surface area contributed by atoms with Gasteiger partial charge in [-0.1, -0.05) is 26.8 Å². The Kier molecular flexibility index (Phi) is 6.31. The monoisotopic (exact) mass is 342 g/mol. The van der Waals surface area contributed by atoms with Crippen molar-refractivity contribution in [2.24, 2.45) is 5.41 Å². The van der Waals surface area contributed by atoms with Gasteiger partial charge in [-0.05, 0) is 11.5 Å². The van der Waals surface area contributed by atoms with Crippen molar-refractivity contribution in [3.8, 4) is 0 Å². The van der Waals surface area contributed by atoms with Crippen molar-refractivity contribution < 1.29 is 19.0 Å². The first kappa shape index (κ1) is 19.2. The third-order valence-electron chi connectivity index (χ3n) is 4.65. The number of aliphatic hydroxyl groups is 2. The molecule has 136 valence electrons. The summed E-state index contributed by atoms with van der Waals surface area (Å²) in [5.41, 5.74) is -0.0186. The summed E-state index contributed by atoms with van der Waals surface area (Å²) in [5, 5.41) is 20.4. The molecule has 1 aliphatic heterocycles. The molecule has 0 spiro atoms. The topological polar surface area (TPSA) is 46.9 Å². The van der Waals surface area contributed by atoms with Gasteiger partial charge >= 0.3 is 0 Å². The van der Waals surface area contributed by atoms with Crippen LogP contribution in [0.4, 0.5) is 8.78 Å². The quantitative estimate of drug-likeness (QED) is 0.860. The van der Waals surface area contributed by atoms with Gasteiger partial charge < -0.3 is 10.2 Å². The van der Waals surface area contributed by atoms with Crippen LogP contribution >= 0.6 is 0 Å². The van der Waals surface area contributed by atoms with E-state index < -0.39 is 17.7 Å². The average molecular weight is 342 g/mol. The molecule has 2 N–H and O–H groups in total. The van der Waals surface area contributed by atoms with Crippen LogP contribution in [0.3, 0.4) is 0 Å². The van der Waals surface area contributed by atoms with Crippen molar-refractivity contribution in [3.05, 3.63) is 35.4 Å². The van der Waals surface area contributed by atoms with Gasteiger partial charge in [0.25, 0.3) is 0 Å². The van der Waals surface area contributed by atoms with Gasteiger partial charge in [-0.15, -0.1) is 0 Å². The van der Waals surface area contributed by atoms with E-state index in [0.717, 1.165) is 38.3 Å². The minimum absolute atomic E-state index is 0.127. The molecule has 24 heavy (non-hydrogen) atoms. The first-order valence-corrected chi connectivity index (χ1v) is 8.42. The van der Waals surface area contributed by atoms with E-state index in [1.807, 2.05) is 20.8 Å². The molecular formula is C18H28F2N2O2. The molecule has 0 amide bonds. The maximum Gasteiger partial charge on any atom is 0.131 e. The van der Waals surface area contributed by atoms with Gasteiger partial charge in [-0.3, -0.25) is 9.80 Å². The van der Waals surface area contributed by atoms with Crippen LogP contribution in [0.25, 0.3) is 0 Å². The van der Waals surface area contributed by atoms with E-state index in [0.29, 0.717) is 13.1 Å². The minimum atomic E-state index is -0.975. The minimum Gasteiger partial charge on any atom is -0.391 e. The van der Waals surface area contributed by atoms with Crippen LogP contribution in [0.5, 0.6) is 0 Å². The summed E-state index contributed by atoms with van der Waals surface area (Å²) in [5.74, 6) is -1.36. The predicted octanol–water partition coefficient (Wildman–Crippen LogP) is 2.02. The van der Waals surface area contributed by atoms with Crippen LogP contribution in [-0.4, -0.2) is 65.4 Å². The van der Waals surface area contributed by atoms with E-state index in [1.54, 1.807) is 0 Å². The lowest BCUT2D eigenvalue weighted by Gasteiger charge is -2.38. The molecule has 1 saturated heterocycles. The van der Waals surface area contributed by atoms with Gasteiger partial charge in [-0.25, -0.2) is 8.78 Å². The fourth-order valence-corrected chi connectivity index (χ4v) is 2.79. The van der Waals surface area contributed by atoms with Crippen LogP contribution in [0.1, 0.15) is 32.4 Å². The van der Waals surface area contributed by atoms with Gasteiger partial charge in [0.15, 0.2) is 0 Å². The number of benzene rings is 1. The van der Waals surface area contributed by atoms with E-state index in [-0.39, 0.29) is 17.1 Å². The zero-order chi connectivity index (χ0) is 17.9. The van der Waals surface area contributed by atoms with Crippen LogP contribution in [0.2, 0.25) is 0 Å². The summed E-state index contributed by atoms with van der Waals surface area (Å²) < 4.78 is 26.7. The predicted molar refractivity (Wildman–Crippen MR) is 89.7 cm³/mol. The lowest BCUT2D eigenvalue weighted by atomic mass is 9.89. The van der Waals surface area contributed by atoms with Crippen molar-refractivity contribution in [3.63, 3.8) is 0 Å². The molecule has 1 aliphatic rings. The molecule has 0 aliphatic carbocycles. The molecule has 0 radical (unpaired) electrons. The molecule has 0 saturated carbocycles. The number of rotatable bonds is 5. The summed E-state index contributed by atoms with van der Waals surface area (Å²) in [4.78, 5) is 4.27. The third kappa shape index (κ3) is 5.21. The summed E-state index contributed by atoms with van der Waals surface area (Å²) in [6, 6.07) is 3.25. The highest BCUT2D eigenvalue weighted by molar-refractivity contribution is 5.21. The zero-order valence-electron chi connectivity index (χ0n) is 14.7. The first-order chi connectivity index (χ1) is 11.2. The lowest BCUT2D eigenvalue weighted by molar-refractivity contribution is 0.00697. The van der Waals surface area contributed by atoms with Crippen LogP contribution in [-0.2, 0) is 0 Å². The number of piperazine rings is 1. The highest BCUT2D eigenvalue weighted by Gasteiger charge is 2.27.